The monoisotopic (exact) mass is 714 g/mol. The van der Waals surface area contributed by atoms with Crippen LogP contribution >= 0.6 is 15.9 Å². The highest BCUT2D eigenvalue weighted by Gasteiger charge is 2.41. The van der Waals surface area contributed by atoms with Gasteiger partial charge in [0.1, 0.15) is 11.2 Å². The number of aromatic nitrogens is 4. The number of alkyl carbamates (subject to hydrolysis) is 1. The van der Waals surface area contributed by atoms with Gasteiger partial charge in [0.25, 0.3) is 0 Å². The number of nitrogens with zero attached hydrogens (tertiary/aromatic N) is 4. The molecule has 8 nitrogen and oxygen atoms in total. The number of nitrogens with one attached hydrogen (secondary N) is 2. The number of ether oxygens (including phenoxy) is 1. The summed E-state index contributed by atoms with van der Waals surface area (Å²) in [5, 5.41) is 13.0. The van der Waals surface area contributed by atoms with Crippen LogP contribution in [0.2, 0.25) is 0 Å². The lowest BCUT2D eigenvalue weighted by Crippen LogP contribution is -2.41. The van der Waals surface area contributed by atoms with E-state index in [4.69, 9.17) is 19.8 Å². The summed E-state index contributed by atoms with van der Waals surface area (Å²) in [7, 11) is 0. The summed E-state index contributed by atoms with van der Waals surface area (Å²) < 4.78 is 8.35. The van der Waals surface area contributed by atoms with Crippen molar-refractivity contribution in [1.29, 1.82) is 0 Å². The van der Waals surface area contributed by atoms with E-state index in [9.17, 15) is 4.79 Å². The van der Waals surface area contributed by atoms with Crippen molar-refractivity contribution in [3.05, 3.63) is 143 Å². The van der Waals surface area contributed by atoms with Crippen molar-refractivity contribution in [3.63, 3.8) is 0 Å². The van der Waals surface area contributed by atoms with Crippen LogP contribution in [0.25, 0.3) is 22.3 Å². The Morgan fingerprint density at radius 1 is 0.816 bits per heavy atom. The van der Waals surface area contributed by atoms with E-state index in [1.807, 2.05) is 50.4 Å². The average molecular weight is 716 g/mol. The van der Waals surface area contributed by atoms with Gasteiger partial charge in [-0.05, 0) is 68.4 Å². The van der Waals surface area contributed by atoms with Gasteiger partial charge in [0.2, 0.25) is 5.95 Å². The number of anilines is 1. The molecular formula is C40H39BrN6O2. The van der Waals surface area contributed by atoms with E-state index in [0.29, 0.717) is 5.95 Å². The Kier molecular flexibility index (Phi) is 9.44. The van der Waals surface area contributed by atoms with Gasteiger partial charge in [-0.2, -0.15) is 10.1 Å². The fourth-order valence-corrected chi connectivity index (χ4v) is 7.34. The Labute approximate surface area is 295 Å². The predicted molar refractivity (Wildman–Crippen MR) is 197 cm³/mol. The van der Waals surface area contributed by atoms with E-state index < -0.39 is 5.54 Å². The van der Waals surface area contributed by atoms with E-state index in [1.165, 1.54) is 0 Å². The van der Waals surface area contributed by atoms with Gasteiger partial charge in [0, 0.05) is 28.3 Å². The zero-order valence-electron chi connectivity index (χ0n) is 27.6. The molecule has 6 aromatic rings. The van der Waals surface area contributed by atoms with Crippen molar-refractivity contribution < 1.29 is 9.53 Å². The molecule has 0 bridgehead atoms. The molecule has 4 aromatic carbocycles. The first kappa shape index (κ1) is 32.5. The molecule has 1 saturated carbocycles. The first-order valence-corrected chi connectivity index (χ1v) is 17.6. The molecular weight excluding hydrogens is 676 g/mol. The summed E-state index contributed by atoms with van der Waals surface area (Å²) >= 11 is 3.67. The Morgan fingerprint density at radius 3 is 1.94 bits per heavy atom. The van der Waals surface area contributed by atoms with Crippen molar-refractivity contribution in [2.45, 2.75) is 63.3 Å². The number of benzene rings is 4. The van der Waals surface area contributed by atoms with Gasteiger partial charge < -0.3 is 15.4 Å². The van der Waals surface area contributed by atoms with Crippen LogP contribution in [0, 0.1) is 0 Å². The molecule has 1 aliphatic rings. The van der Waals surface area contributed by atoms with Crippen LogP contribution in [0.3, 0.4) is 0 Å². The molecule has 248 valence electrons. The molecule has 1 aliphatic carbocycles. The number of amides is 1. The van der Waals surface area contributed by atoms with Crippen LogP contribution in [-0.2, 0) is 10.3 Å². The van der Waals surface area contributed by atoms with Crippen LogP contribution in [-0.4, -0.2) is 44.0 Å². The Bertz CT molecular complexity index is 1930. The first-order valence-electron chi connectivity index (χ1n) is 16.8. The fourth-order valence-electron chi connectivity index (χ4n) is 6.94. The molecule has 7 rings (SSSR count). The fraction of sp³-hybridized carbons (Fsp3) is 0.250. The zero-order chi connectivity index (χ0) is 33.8. The van der Waals surface area contributed by atoms with Gasteiger partial charge in [0.05, 0.1) is 11.5 Å². The molecule has 0 saturated heterocycles. The number of hydrogen-bond acceptors (Lipinski definition) is 6. The van der Waals surface area contributed by atoms with Crippen LogP contribution in [0.4, 0.5) is 10.7 Å². The average Bonchev–Trinajstić information content (AvgIpc) is 3.50. The van der Waals surface area contributed by atoms with Crippen molar-refractivity contribution in [3.8, 4) is 11.3 Å². The van der Waals surface area contributed by atoms with E-state index in [0.717, 1.165) is 69.1 Å². The molecule has 0 radical (unpaired) electrons. The minimum atomic E-state index is -0.855. The third-order valence-corrected chi connectivity index (χ3v) is 9.63. The second-order valence-electron chi connectivity index (χ2n) is 12.8. The minimum absolute atomic E-state index is 0.0881. The molecule has 9 heteroatoms. The van der Waals surface area contributed by atoms with Gasteiger partial charge in [-0.15, -0.1) is 0 Å². The number of carbonyl (C=O) groups is 1. The molecule has 0 unspecified atom stereocenters. The zero-order valence-corrected chi connectivity index (χ0v) is 29.2. The molecule has 1 fully saturated rings. The normalized spacial score (nSPS) is 16.4. The lowest BCUT2D eigenvalue weighted by molar-refractivity contribution is 0.110. The van der Waals surface area contributed by atoms with Crippen molar-refractivity contribution in [2.75, 3.05) is 5.32 Å². The topological polar surface area (TPSA) is 94.0 Å². The third-order valence-electron chi connectivity index (χ3n) is 9.14. The molecule has 2 heterocycles. The highest BCUT2D eigenvalue weighted by molar-refractivity contribution is 9.10. The van der Waals surface area contributed by atoms with Crippen LogP contribution < -0.4 is 10.6 Å². The number of hydrogen-bond donors (Lipinski definition) is 2. The third kappa shape index (κ3) is 6.68. The van der Waals surface area contributed by atoms with Crippen LogP contribution in [0.5, 0.6) is 0 Å². The molecule has 1 amide bonds. The first-order chi connectivity index (χ1) is 23.9. The highest BCUT2D eigenvalue weighted by atomic mass is 79.9. The quantitative estimate of drug-likeness (QED) is 0.145. The van der Waals surface area contributed by atoms with Gasteiger partial charge in [0.15, 0.2) is 5.65 Å². The van der Waals surface area contributed by atoms with Crippen LogP contribution in [0.1, 0.15) is 56.2 Å². The van der Waals surface area contributed by atoms with Gasteiger partial charge in [-0.1, -0.05) is 119 Å². The summed E-state index contributed by atoms with van der Waals surface area (Å²) in [5.74, 6) is 0.549. The highest BCUT2D eigenvalue weighted by Crippen LogP contribution is 2.43. The van der Waals surface area contributed by atoms with Crippen LogP contribution in [0.15, 0.2) is 126 Å². The lowest BCUT2D eigenvalue weighted by atomic mass is 9.77. The Morgan fingerprint density at radius 2 is 1.39 bits per heavy atom. The molecule has 0 spiro atoms. The SMILES string of the molecule is CC(C)OC(=O)N[C@H]1CC[C@H](Nc2ncc3c(-c4cccc(Br)c4)nn(C(c4ccccc4)(c4ccccc4)c4ccccc4)c3n2)CC1. The van der Waals surface area contributed by atoms with Gasteiger partial charge in [-0.3, -0.25) is 0 Å². The van der Waals surface area contributed by atoms with E-state index in [-0.39, 0.29) is 24.3 Å². The molecule has 49 heavy (non-hydrogen) atoms. The summed E-state index contributed by atoms with van der Waals surface area (Å²) in [6.45, 7) is 3.71. The second kappa shape index (κ2) is 14.2. The molecule has 2 N–H and O–H groups in total. The number of rotatable bonds is 9. The summed E-state index contributed by atoms with van der Waals surface area (Å²) in [5.41, 5.74) is 4.82. The van der Waals surface area contributed by atoms with Crippen molar-refractivity contribution in [1.82, 2.24) is 25.1 Å². The number of halogens is 1. The maximum Gasteiger partial charge on any atom is 0.407 e. The van der Waals surface area contributed by atoms with Gasteiger partial charge in [-0.25, -0.2) is 14.5 Å². The Balaban J connectivity index is 1.36. The smallest absolute Gasteiger partial charge is 0.407 e. The standard InChI is InChI=1S/C40H39BrN6O2/c1-27(2)49-39(48)44-34-23-21-33(22-24-34)43-38-42-26-35-36(28-13-12-20-32(41)25-28)46-47(37(35)45-38)40(29-14-6-3-7-15-29,30-16-8-4-9-17-30)31-18-10-5-11-19-31/h3-20,25-27,33-34H,21-24H2,1-2H3,(H,44,48)(H,42,43,45)/t33-,34-. The number of fused-ring (bicyclic) bond motifs is 1. The minimum Gasteiger partial charge on any atom is -0.447 e. The summed E-state index contributed by atoms with van der Waals surface area (Å²) in [6.07, 6.45) is 4.83. The lowest BCUT2D eigenvalue weighted by Gasteiger charge is -2.36. The maximum atomic E-state index is 12.2. The molecule has 2 aromatic heterocycles. The van der Waals surface area contributed by atoms with Crippen molar-refractivity contribution >= 4 is 39.0 Å². The van der Waals surface area contributed by atoms with E-state index in [2.05, 4.69) is 116 Å². The van der Waals surface area contributed by atoms with Gasteiger partial charge >= 0.3 is 6.09 Å². The van der Waals surface area contributed by atoms with E-state index >= 15 is 0 Å². The number of carbonyl (C=O) groups excluding carboxylic acids is 1. The summed E-state index contributed by atoms with van der Waals surface area (Å²) in [6, 6.07) is 40.0. The maximum absolute atomic E-state index is 12.2. The Hall–Kier alpha value is -5.02. The largest absolute Gasteiger partial charge is 0.447 e. The second-order valence-corrected chi connectivity index (χ2v) is 13.7. The summed E-state index contributed by atoms with van der Waals surface area (Å²) in [4.78, 5) is 22.3. The predicted octanol–water partition coefficient (Wildman–Crippen LogP) is 8.95. The molecule has 0 aliphatic heterocycles. The molecule has 0 atom stereocenters. The van der Waals surface area contributed by atoms with E-state index in [1.54, 1.807) is 0 Å². The van der Waals surface area contributed by atoms with Crippen molar-refractivity contribution in [2.24, 2.45) is 0 Å².